The SMILES string of the molecule is CSCC(C)C(=O)NCCNC1CCCCCC1.Cl. The summed E-state index contributed by atoms with van der Waals surface area (Å²) in [6, 6.07) is 0.674. The first-order valence-corrected chi connectivity index (χ1v) is 8.63. The number of halogens is 1. The van der Waals surface area contributed by atoms with Crippen LogP contribution in [0, 0.1) is 5.92 Å². The van der Waals surface area contributed by atoms with Crippen molar-refractivity contribution in [1.29, 1.82) is 0 Å². The van der Waals surface area contributed by atoms with Gasteiger partial charge in [-0.2, -0.15) is 11.8 Å². The van der Waals surface area contributed by atoms with E-state index in [4.69, 9.17) is 0 Å². The molecule has 0 aromatic rings. The van der Waals surface area contributed by atoms with Gasteiger partial charge >= 0.3 is 0 Å². The molecule has 1 aliphatic rings. The summed E-state index contributed by atoms with van der Waals surface area (Å²) in [6.07, 6.45) is 10.1. The first kappa shape index (κ1) is 19.1. The molecule has 2 N–H and O–H groups in total. The highest BCUT2D eigenvalue weighted by Crippen LogP contribution is 2.16. The minimum Gasteiger partial charge on any atom is -0.355 e. The maximum atomic E-state index is 11.7. The van der Waals surface area contributed by atoms with Gasteiger partial charge in [0.25, 0.3) is 0 Å². The molecule has 1 saturated carbocycles. The Labute approximate surface area is 128 Å². The molecule has 0 aromatic carbocycles. The average Bonchev–Trinajstić information content (AvgIpc) is 2.63. The zero-order valence-corrected chi connectivity index (χ0v) is 13.9. The molecule has 0 saturated heterocycles. The third kappa shape index (κ3) is 8.77. The second kappa shape index (κ2) is 11.9. The second-order valence-electron chi connectivity index (χ2n) is 5.29. The molecule has 114 valence electrons. The van der Waals surface area contributed by atoms with Gasteiger partial charge in [0.2, 0.25) is 5.91 Å². The first-order chi connectivity index (χ1) is 8.74. The van der Waals surface area contributed by atoms with Crippen LogP contribution in [0.15, 0.2) is 0 Å². The molecule has 0 aromatic heterocycles. The normalized spacial score (nSPS) is 18.2. The fourth-order valence-corrected chi connectivity index (χ4v) is 3.10. The van der Waals surface area contributed by atoms with Crippen LogP contribution in [0.4, 0.5) is 0 Å². The molecule has 1 rings (SSSR count). The van der Waals surface area contributed by atoms with Crippen LogP contribution in [0.1, 0.15) is 45.4 Å². The topological polar surface area (TPSA) is 41.1 Å². The summed E-state index contributed by atoms with van der Waals surface area (Å²) < 4.78 is 0. The summed E-state index contributed by atoms with van der Waals surface area (Å²) in [7, 11) is 0. The van der Waals surface area contributed by atoms with Crippen LogP contribution >= 0.6 is 24.2 Å². The number of amides is 1. The van der Waals surface area contributed by atoms with Crippen molar-refractivity contribution in [2.75, 3.05) is 25.1 Å². The van der Waals surface area contributed by atoms with Gasteiger partial charge in [-0.1, -0.05) is 32.6 Å². The summed E-state index contributed by atoms with van der Waals surface area (Å²) in [5.74, 6) is 1.21. The van der Waals surface area contributed by atoms with Gasteiger partial charge in [0.05, 0.1) is 0 Å². The summed E-state index contributed by atoms with van der Waals surface area (Å²) in [6.45, 7) is 3.65. The van der Waals surface area contributed by atoms with Crippen LogP contribution in [-0.4, -0.2) is 37.0 Å². The molecule has 19 heavy (non-hydrogen) atoms. The lowest BCUT2D eigenvalue weighted by Gasteiger charge is -2.17. The van der Waals surface area contributed by atoms with Crippen LogP contribution in [-0.2, 0) is 4.79 Å². The van der Waals surface area contributed by atoms with Crippen LogP contribution in [0.5, 0.6) is 0 Å². The van der Waals surface area contributed by atoms with Crippen molar-refractivity contribution < 1.29 is 4.79 Å². The molecule has 1 aliphatic carbocycles. The molecule has 5 heteroatoms. The second-order valence-corrected chi connectivity index (χ2v) is 6.20. The van der Waals surface area contributed by atoms with Gasteiger partial charge in [0.1, 0.15) is 0 Å². The predicted octanol–water partition coefficient (Wildman–Crippen LogP) is 2.84. The van der Waals surface area contributed by atoms with Gasteiger partial charge in [-0.05, 0) is 19.1 Å². The van der Waals surface area contributed by atoms with Gasteiger partial charge in [0, 0.05) is 30.8 Å². The highest BCUT2D eigenvalue weighted by molar-refractivity contribution is 7.98. The monoisotopic (exact) mass is 308 g/mol. The Kier molecular flexibility index (Phi) is 11.9. The van der Waals surface area contributed by atoms with Crippen LogP contribution < -0.4 is 10.6 Å². The quantitative estimate of drug-likeness (QED) is 0.561. The Morgan fingerprint density at radius 1 is 1.21 bits per heavy atom. The Balaban J connectivity index is 0.00000324. The van der Waals surface area contributed by atoms with Gasteiger partial charge in [-0.15, -0.1) is 12.4 Å². The van der Waals surface area contributed by atoms with E-state index in [2.05, 4.69) is 10.6 Å². The molecule has 0 heterocycles. The molecule has 1 atom stereocenters. The van der Waals surface area contributed by atoms with Crippen molar-refractivity contribution in [3.63, 3.8) is 0 Å². The van der Waals surface area contributed by atoms with E-state index in [1.54, 1.807) is 11.8 Å². The van der Waals surface area contributed by atoms with E-state index in [9.17, 15) is 4.79 Å². The summed E-state index contributed by atoms with van der Waals surface area (Å²) >= 11 is 1.73. The number of rotatable bonds is 7. The average molecular weight is 309 g/mol. The van der Waals surface area contributed by atoms with Crippen molar-refractivity contribution in [3.8, 4) is 0 Å². The molecule has 1 amide bonds. The zero-order chi connectivity index (χ0) is 13.2. The third-order valence-corrected chi connectivity index (χ3v) is 4.41. The van der Waals surface area contributed by atoms with Crippen LogP contribution in [0.25, 0.3) is 0 Å². The van der Waals surface area contributed by atoms with E-state index in [-0.39, 0.29) is 24.2 Å². The van der Waals surface area contributed by atoms with E-state index in [0.29, 0.717) is 6.04 Å². The molecule has 3 nitrogen and oxygen atoms in total. The Morgan fingerprint density at radius 2 is 1.84 bits per heavy atom. The third-order valence-electron chi connectivity index (χ3n) is 3.58. The lowest BCUT2D eigenvalue weighted by Crippen LogP contribution is -2.39. The fourth-order valence-electron chi connectivity index (χ4n) is 2.45. The van der Waals surface area contributed by atoms with E-state index in [1.807, 2.05) is 13.2 Å². The fraction of sp³-hybridized carbons (Fsp3) is 0.929. The number of thioether (sulfide) groups is 1. The van der Waals surface area contributed by atoms with Crippen molar-refractivity contribution >= 4 is 30.1 Å². The summed E-state index contributed by atoms with van der Waals surface area (Å²) in [5.41, 5.74) is 0. The smallest absolute Gasteiger partial charge is 0.223 e. The predicted molar refractivity (Wildman–Crippen MR) is 87.3 cm³/mol. The van der Waals surface area contributed by atoms with Crippen molar-refractivity contribution in [1.82, 2.24) is 10.6 Å². The number of carbonyl (C=O) groups is 1. The van der Waals surface area contributed by atoms with Crippen molar-refractivity contribution in [3.05, 3.63) is 0 Å². The number of hydrogen-bond donors (Lipinski definition) is 2. The molecule has 1 fully saturated rings. The summed E-state index contributed by atoms with van der Waals surface area (Å²) in [5, 5.41) is 6.58. The Hall–Kier alpha value is 0.0700. The molecule has 0 radical (unpaired) electrons. The number of hydrogen-bond acceptors (Lipinski definition) is 3. The summed E-state index contributed by atoms with van der Waals surface area (Å²) in [4.78, 5) is 11.7. The van der Waals surface area contributed by atoms with E-state index < -0.39 is 0 Å². The molecular weight excluding hydrogens is 280 g/mol. The first-order valence-electron chi connectivity index (χ1n) is 7.24. The molecule has 0 spiro atoms. The molecule has 1 unspecified atom stereocenters. The zero-order valence-electron chi connectivity index (χ0n) is 12.2. The van der Waals surface area contributed by atoms with E-state index in [0.717, 1.165) is 18.8 Å². The maximum Gasteiger partial charge on any atom is 0.223 e. The minimum absolute atomic E-state index is 0. The number of carbonyl (C=O) groups excluding carboxylic acids is 1. The lowest BCUT2D eigenvalue weighted by molar-refractivity contribution is -0.123. The van der Waals surface area contributed by atoms with Gasteiger partial charge in [-0.3, -0.25) is 4.79 Å². The highest BCUT2D eigenvalue weighted by atomic mass is 35.5. The Morgan fingerprint density at radius 3 is 2.42 bits per heavy atom. The van der Waals surface area contributed by atoms with E-state index >= 15 is 0 Å². The van der Waals surface area contributed by atoms with Crippen LogP contribution in [0.2, 0.25) is 0 Å². The number of nitrogens with one attached hydrogen (secondary N) is 2. The van der Waals surface area contributed by atoms with Crippen LogP contribution in [0.3, 0.4) is 0 Å². The molecule has 0 aliphatic heterocycles. The maximum absolute atomic E-state index is 11.7. The minimum atomic E-state index is 0. The highest BCUT2D eigenvalue weighted by Gasteiger charge is 2.13. The lowest BCUT2D eigenvalue weighted by atomic mass is 10.1. The Bertz CT molecular complexity index is 233. The largest absolute Gasteiger partial charge is 0.355 e. The van der Waals surface area contributed by atoms with Gasteiger partial charge < -0.3 is 10.6 Å². The molecule has 0 bridgehead atoms. The van der Waals surface area contributed by atoms with Gasteiger partial charge in [-0.25, -0.2) is 0 Å². The van der Waals surface area contributed by atoms with Crippen molar-refractivity contribution in [2.24, 2.45) is 5.92 Å². The van der Waals surface area contributed by atoms with Crippen molar-refractivity contribution in [2.45, 2.75) is 51.5 Å². The molecular formula is C14H29ClN2OS. The van der Waals surface area contributed by atoms with Gasteiger partial charge in [0.15, 0.2) is 0 Å². The standard InChI is InChI=1S/C14H28N2OS.ClH/c1-12(11-18-2)14(17)16-10-9-15-13-7-5-3-4-6-8-13;/h12-13,15H,3-11H2,1-2H3,(H,16,17);1H. The van der Waals surface area contributed by atoms with E-state index in [1.165, 1.54) is 38.5 Å².